The number of rotatable bonds is 7. The van der Waals surface area contributed by atoms with Crippen LogP contribution in [0.3, 0.4) is 0 Å². The van der Waals surface area contributed by atoms with E-state index in [2.05, 4.69) is 20.9 Å². The molecule has 2 rings (SSSR count). The molecule has 32 heavy (non-hydrogen) atoms. The molecular formula is C23H38IN5O3. The van der Waals surface area contributed by atoms with E-state index in [1.54, 1.807) is 7.05 Å². The summed E-state index contributed by atoms with van der Waals surface area (Å²) in [5, 5.41) is 9.47. The molecule has 0 aliphatic carbocycles. The highest BCUT2D eigenvalue weighted by Gasteiger charge is 2.22. The van der Waals surface area contributed by atoms with E-state index in [1.165, 1.54) is 0 Å². The van der Waals surface area contributed by atoms with Gasteiger partial charge in [-0.3, -0.25) is 9.79 Å². The molecule has 1 saturated heterocycles. The summed E-state index contributed by atoms with van der Waals surface area (Å²) < 4.78 is 5.36. The molecule has 0 bridgehead atoms. The first-order valence-corrected chi connectivity index (χ1v) is 10.9. The number of amides is 2. The number of hydrogen-bond acceptors (Lipinski definition) is 4. The molecule has 3 N–H and O–H groups in total. The van der Waals surface area contributed by atoms with Crippen molar-refractivity contribution in [3.63, 3.8) is 0 Å². The van der Waals surface area contributed by atoms with Gasteiger partial charge < -0.3 is 25.6 Å². The number of hydrogen-bond donors (Lipinski definition) is 3. The van der Waals surface area contributed by atoms with E-state index in [0.717, 1.165) is 24.2 Å². The summed E-state index contributed by atoms with van der Waals surface area (Å²) in [4.78, 5) is 30.1. The van der Waals surface area contributed by atoms with Crippen LogP contribution in [0.5, 0.6) is 0 Å². The molecule has 1 fully saturated rings. The minimum absolute atomic E-state index is 0. The van der Waals surface area contributed by atoms with Crippen LogP contribution < -0.4 is 20.9 Å². The number of carbonyl (C=O) groups excluding carboxylic acids is 2. The average Bonchev–Trinajstić information content (AvgIpc) is 3.12. The van der Waals surface area contributed by atoms with Gasteiger partial charge in [0.05, 0.1) is 6.04 Å². The normalized spacial score (nSPS) is 15.3. The van der Waals surface area contributed by atoms with Crippen LogP contribution >= 0.6 is 24.0 Å². The third-order valence-corrected chi connectivity index (χ3v) is 5.00. The summed E-state index contributed by atoms with van der Waals surface area (Å²) >= 11 is 0. The van der Waals surface area contributed by atoms with Crippen LogP contribution in [0.1, 0.15) is 53.0 Å². The first kappa shape index (κ1) is 28.0. The number of aliphatic imine (C=N–C) groups is 1. The van der Waals surface area contributed by atoms with Crippen molar-refractivity contribution in [1.82, 2.24) is 16.0 Å². The van der Waals surface area contributed by atoms with Crippen molar-refractivity contribution in [3.05, 3.63) is 29.8 Å². The van der Waals surface area contributed by atoms with Crippen molar-refractivity contribution in [2.75, 3.05) is 25.0 Å². The van der Waals surface area contributed by atoms with E-state index in [4.69, 9.17) is 4.74 Å². The molecular weight excluding hydrogens is 521 g/mol. The van der Waals surface area contributed by atoms with Crippen LogP contribution in [0, 0.1) is 5.92 Å². The van der Waals surface area contributed by atoms with Crippen LogP contribution in [-0.2, 0) is 16.1 Å². The lowest BCUT2D eigenvalue weighted by Gasteiger charge is -2.26. The molecule has 180 valence electrons. The predicted molar refractivity (Wildman–Crippen MR) is 140 cm³/mol. The largest absolute Gasteiger partial charge is 0.444 e. The second-order valence-electron chi connectivity index (χ2n) is 9.12. The second-order valence-corrected chi connectivity index (χ2v) is 9.12. The molecule has 1 atom stereocenters. The number of carbonyl (C=O) groups is 2. The van der Waals surface area contributed by atoms with Crippen molar-refractivity contribution in [2.24, 2.45) is 10.9 Å². The van der Waals surface area contributed by atoms with Gasteiger partial charge in [-0.25, -0.2) is 4.79 Å². The zero-order chi connectivity index (χ0) is 23.0. The molecule has 1 aliphatic heterocycles. The summed E-state index contributed by atoms with van der Waals surface area (Å²) in [7, 11) is 1.71. The first-order valence-electron chi connectivity index (χ1n) is 10.9. The number of guanidine groups is 1. The number of nitrogens with zero attached hydrogens (tertiary/aromatic N) is 2. The quantitative estimate of drug-likeness (QED) is 0.270. The fourth-order valence-electron chi connectivity index (χ4n) is 3.24. The Hall–Kier alpha value is -2.04. The maximum atomic E-state index is 12.1. The Morgan fingerprint density at radius 2 is 1.84 bits per heavy atom. The highest BCUT2D eigenvalue weighted by atomic mass is 127. The fraction of sp³-hybridized carbons (Fsp3) is 0.609. The minimum Gasteiger partial charge on any atom is -0.444 e. The Kier molecular flexibility index (Phi) is 11.2. The summed E-state index contributed by atoms with van der Waals surface area (Å²) in [6, 6.07) is 7.89. The average molecular weight is 559 g/mol. The van der Waals surface area contributed by atoms with Gasteiger partial charge in [0.2, 0.25) is 5.91 Å². The Balaban J connectivity index is 0.00000512. The number of ether oxygens (including phenoxy) is 1. The van der Waals surface area contributed by atoms with Gasteiger partial charge in [-0.1, -0.05) is 26.0 Å². The molecule has 1 aromatic rings. The molecule has 0 aromatic heterocycles. The van der Waals surface area contributed by atoms with E-state index >= 15 is 0 Å². The van der Waals surface area contributed by atoms with Crippen molar-refractivity contribution in [3.8, 4) is 0 Å². The molecule has 1 aliphatic rings. The van der Waals surface area contributed by atoms with Crippen molar-refractivity contribution < 1.29 is 14.3 Å². The number of alkyl carbamates (subject to hydrolysis) is 1. The molecule has 9 heteroatoms. The summed E-state index contributed by atoms with van der Waals surface area (Å²) in [5.74, 6) is 1.06. The van der Waals surface area contributed by atoms with Gasteiger partial charge in [-0.2, -0.15) is 0 Å². The number of nitrogens with one attached hydrogen (secondary N) is 3. The zero-order valence-corrected chi connectivity index (χ0v) is 22.4. The van der Waals surface area contributed by atoms with E-state index < -0.39 is 11.7 Å². The van der Waals surface area contributed by atoms with Crippen LogP contribution in [0.15, 0.2) is 29.3 Å². The lowest BCUT2D eigenvalue weighted by atomic mass is 10.0. The molecule has 0 radical (unpaired) electrons. The maximum absolute atomic E-state index is 12.1. The second kappa shape index (κ2) is 12.9. The molecule has 8 nitrogen and oxygen atoms in total. The van der Waals surface area contributed by atoms with Crippen molar-refractivity contribution in [2.45, 2.75) is 65.6 Å². The van der Waals surface area contributed by atoms with E-state index in [9.17, 15) is 9.59 Å². The van der Waals surface area contributed by atoms with Gasteiger partial charge in [0.25, 0.3) is 0 Å². The molecule has 0 saturated carbocycles. The Morgan fingerprint density at radius 3 is 2.34 bits per heavy atom. The molecule has 1 heterocycles. The SMILES string of the molecule is CN=C(NCc1ccc(N2CCCC2=O)cc1)NCC(NC(=O)OC(C)(C)C)C(C)C.I. The standard InChI is InChI=1S/C23H37N5O3.HI/c1-16(2)19(27-22(30)31-23(3,4)5)15-26-21(24-6)25-14-17-9-11-18(12-10-17)28-13-7-8-20(28)29;/h9-12,16,19H,7-8,13-15H2,1-6H3,(H,27,30)(H2,24,25,26);1H. The lowest BCUT2D eigenvalue weighted by Crippen LogP contribution is -2.50. The monoisotopic (exact) mass is 559 g/mol. The Labute approximate surface area is 209 Å². The van der Waals surface area contributed by atoms with E-state index in [0.29, 0.717) is 25.5 Å². The third kappa shape index (κ3) is 9.22. The van der Waals surface area contributed by atoms with Crippen molar-refractivity contribution in [1.29, 1.82) is 0 Å². The minimum atomic E-state index is -0.533. The van der Waals surface area contributed by atoms with Gasteiger partial charge in [0.1, 0.15) is 5.60 Å². The highest BCUT2D eigenvalue weighted by Crippen LogP contribution is 2.21. The zero-order valence-electron chi connectivity index (χ0n) is 20.0. The van der Waals surface area contributed by atoms with Crippen molar-refractivity contribution >= 4 is 47.6 Å². The fourth-order valence-corrected chi connectivity index (χ4v) is 3.24. The lowest BCUT2D eigenvalue weighted by molar-refractivity contribution is -0.117. The topological polar surface area (TPSA) is 95.1 Å². The maximum Gasteiger partial charge on any atom is 0.407 e. The summed E-state index contributed by atoms with van der Waals surface area (Å²) in [6.07, 6.45) is 1.13. The Bertz CT molecular complexity index is 775. The van der Waals surface area contributed by atoms with Gasteiger partial charge in [0.15, 0.2) is 5.96 Å². The van der Waals surface area contributed by atoms with Gasteiger partial charge in [0, 0.05) is 38.8 Å². The number of halogens is 1. The summed E-state index contributed by atoms with van der Waals surface area (Å²) in [6.45, 7) is 11.5. The van der Waals surface area contributed by atoms with Gasteiger partial charge in [-0.05, 0) is 50.8 Å². The summed E-state index contributed by atoms with van der Waals surface area (Å²) in [5.41, 5.74) is 1.50. The molecule has 1 aromatic carbocycles. The predicted octanol–water partition coefficient (Wildman–Crippen LogP) is 3.65. The van der Waals surface area contributed by atoms with Gasteiger partial charge in [-0.15, -0.1) is 24.0 Å². The molecule has 2 amide bonds. The van der Waals surface area contributed by atoms with Gasteiger partial charge >= 0.3 is 6.09 Å². The smallest absolute Gasteiger partial charge is 0.407 e. The number of anilines is 1. The number of benzene rings is 1. The van der Waals surface area contributed by atoms with E-state index in [-0.39, 0.29) is 41.8 Å². The highest BCUT2D eigenvalue weighted by molar-refractivity contribution is 14.0. The Morgan fingerprint density at radius 1 is 1.19 bits per heavy atom. The van der Waals surface area contributed by atoms with Crippen LogP contribution in [-0.4, -0.2) is 49.7 Å². The third-order valence-electron chi connectivity index (χ3n) is 5.00. The van der Waals surface area contributed by atoms with E-state index in [1.807, 2.05) is 63.8 Å². The van der Waals surface area contributed by atoms with Crippen LogP contribution in [0.25, 0.3) is 0 Å². The van der Waals surface area contributed by atoms with Crippen LogP contribution in [0.2, 0.25) is 0 Å². The first-order chi connectivity index (χ1) is 14.6. The molecule has 0 spiro atoms. The molecule has 1 unspecified atom stereocenters. The van der Waals surface area contributed by atoms with Crippen LogP contribution in [0.4, 0.5) is 10.5 Å².